The second kappa shape index (κ2) is 8.71. The zero-order valence-corrected chi connectivity index (χ0v) is 18.9. The van der Waals surface area contributed by atoms with Gasteiger partial charge in [-0.1, -0.05) is 49.2 Å². The number of ether oxygens (including phenoxy) is 1. The fourth-order valence-electron chi connectivity index (χ4n) is 6.05. The summed E-state index contributed by atoms with van der Waals surface area (Å²) < 4.78 is 5.24. The molecule has 2 heterocycles. The number of nitrogens with zero attached hydrogens (tertiary/aromatic N) is 2. The van der Waals surface area contributed by atoms with Gasteiger partial charge in [-0.3, -0.25) is 4.79 Å². The van der Waals surface area contributed by atoms with E-state index in [-0.39, 0.29) is 36.4 Å². The van der Waals surface area contributed by atoms with Crippen LogP contribution in [0.4, 0.5) is 10.5 Å². The van der Waals surface area contributed by atoms with Gasteiger partial charge in [-0.15, -0.1) is 0 Å². The number of aliphatic hydroxyl groups is 1. The van der Waals surface area contributed by atoms with Gasteiger partial charge in [0.25, 0.3) is 0 Å². The van der Waals surface area contributed by atoms with Crippen molar-refractivity contribution in [3.8, 4) is 5.75 Å². The van der Waals surface area contributed by atoms with E-state index >= 15 is 0 Å². The molecule has 2 N–H and O–H groups in total. The summed E-state index contributed by atoms with van der Waals surface area (Å²) in [5, 5.41) is 13.2. The summed E-state index contributed by atoms with van der Waals surface area (Å²) in [5.41, 5.74) is 1.32. The van der Waals surface area contributed by atoms with Crippen LogP contribution in [0.25, 0.3) is 0 Å². The van der Waals surface area contributed by atoms with E-state index in [9.17, 15) is 14.7 Å². The largest absolute Gasteiger partial charge is 0.497 e. The molecule has 1 spiro atoms. The molecule has 33 heavy (non-hydrogen) atoms. The molecule has 3 amide bonds. The fourth-order valence-corrected chi connectivity index (χ4v) is 6.05. The SMILES string of the molecule is COc1cccc(NC(=O)N2CC3(C2)[C@H](c2ccccc2)[C@H](CO)N3C(=O)C2CCCC2)c1. The molecule has 1 aliphatic carbocycles. The highest BCUT2D eigenvalue weighted by molar-refractivity contribution is 5.91. The highest BCUT2D eigenvalue weighted by Gasteiger charge is 2.68. The maximum atomic E-state index is 13.5. The number of amides is 3. The van der Waals surface area contributed by atoms with Gasteiger partial charge >= 0.3 is 6.03 Å². The van der Waals surface area contributed by atoms with Gasteiger partial charge < -0.3 is 25.0 Å². The van der Waals surface area contributed by atoms with Crippen LogP contribution in [0.15, 0.2) is 54.6 Å². The number of carbonyl (C=O) groups is 2. The summed E-state index contributed by atoms with van der Waals surface area (Å²) in [5.74, 6) is 0.865. The molecule has 1 saturated carbocycles. The smallest absolute Gasteiger partial charge is 0.322 e. The van der Waals surface area contributed by atoms with Crippen molar-refractivity contribution in [2.24, 2.45) is 5.92 Å². The average molecular weight is 450 g/mol. The third-order valence-electron chi connectivity index (χ3n) is 7.60. The number of hydrogen-bond acceptors (Lipinski definition) is 4. The molecule has 174 valence electrons. The predicted molar refractivity (Wildman–Crippen MR) is 125 cm³/mol. The predicted octanol–water partition coefficient (Wildman–Crippen LogP) is 3.46. The van der Waals surface area contributed by atoms with E-state index in [0.717, 1.165) is 31.2 Å². The number of likely N-dealkylation sites (tertiary alicyclic amines) is 2. The molecule has 0 radical (unpaired) electrons. The second-order valence-electron chi connectivity index (χ2n) is 9.45. The van der Waals surface area contributed by atoms with Crippen molar-refractivity contribution in [1.29, 1.82) is 0 Å². The molecule has 5 rings (SSSR count). The number of nitrogens with one attached hydrogen (secondary N) is 1. The first-order valence-electron chi connectivity index (χ1n) is 11.8. The Balaban J connectivity index is 1.37. The van der Waals surface area contributed by atoms with Gasteiger partial charge in [-0.05, 0) is 30.5 Å². The van der Waals surface area contributed by atoms with E-state index in [1.807, 2.05) is 41.3 Å². The van der Waals surface area contributed by atoms with Gasteiger partial charge in [-0.25, -0.2) is 4.79 Å². The van der Waals surface area contributed by atoms with E-state index in [0.29, 0.717) is 24.5 Å². The van der Waals surface area contributed by atoms with Crippen LogP contribution in [0.5, 0.6) is 5.75 Å². The number of benzene rings is 2. The van der Waals surface area contributed by atoms with E-state index in [1.165, 1.54) is 0 Å². The molecule has 0 bridgehead atoms. The standard InChI is InChI=1S/C26H31N3O4/c1-33-21-13-7-12-20(14-21)27-25(32)28-16-26(17-28)23(18-8-3-2-4-9-18)22(15-30)29(26)24(31)19-10-5-6-11-19/h2-4,7-9,12-14,19,22-23,30H,5-6,10-11,15-17H2,1H3,(H,27,32)/t22-,23+/m0/s1. The lowest BCUT2D eigenvalue weighted by molar-refractivity contribution is -0.196. The molecule has 0 unspecified atom stereocenters. The Morgan fingerprint density at radius 3 is 2.48 bits per heavy atom. The molecule has 2 aromatic rings. The molecule has 2 aliphatic heterocycles. The molecule has 2 aromatic carbocycles. The highest BCUT2D eigenvalue weighted by atomic mass is 16.5. The van der Waals surface area contributed by atoms with Crippen LogP contribution in [0, 0.1) is 5.92 Å². The molecular formula is C26H31N3O4. The lowest BCUT2D eigenvalue weighted by Crippen LogP contribution is -2.86. The Morgan fingerprint density at radius 2 is 1.82 bits per heavy atom. The highest BCUT2D eigenvalue weighted by Crippen LogP contribution is 2.55. The Kier molecular flexibility index (Phi) is 5.74. The zero-order valence-electron chi connectivity index (χ0n) is 18.9. The summed E-state index contributed by atoms with van der Waals surface area (Å²) in [4.78, 5) is 30.1. The van der Waals surface area contributed by atoms with Crippen molar-refractivity contribution in [2.45, 2.75) is 43.2 Å². The minimum Gasteiger partial charge on any atom is -0.497 e. The molecule has 7 nitrogen and oxygen atoms in total. The quantitative estimate of drug-likeness (QED) is 0.733. The molecule has 3 aliphatic rings. The molecule has 2 atom stereocenters. The van der Waals surface area contributed by atoms with Gasteiger partial charge in [0, 0.05) is 36.7 Å². The Morgan fingerprint density at radius 1 is 1.09 bits per heavy atom. The van der Waals surface area contributed by atoms with Gasteiger partial charge in [0.05, 0.1) is 25.3 Å². The Labute approximate surface area is 194 Å². The first-order chi connectivity index (χ1) is 16.1. The summed E-state index contributed by atoms with van der Waals surface area (Å²) in [6.45, 7) is 0.838. The Bertz CT molecular complexity index is 1020. The third-order valence-corrected chi connectivity index (χ3v) is 7.60. The van der Waals surface area contributed by atoms with Crippen molar-refractivity contribution in [1.82, 2.24) is 9.80 Å². The van der Waals surface area contributed by atoms with Crippen molar-refractivity contribution < 1.29 is 19.4 Å². The van der Waals surface area contributed by atoms with Gasteiger partial charge in [0.15, 0.2) is 0 Å². The van der Waals surface area contributed by atoms with Crippen LogP contribution in [-0.2, 0) is 4.79 Å². The van der Waals surface area contributed by atoms with Crippen molar-refractivity contribution in [2.75, 3.05) is 32.1 Å². The van der Waals surface area contributed by atoms with E-state index in [4.69, 9.17) is 4.74 Å². The number of hydrogen-bond donors (Lipinski definition) is 2. The van der Waals surface area contributed by atoms with Crippen LogP contribution >= 0.6 is 0 Å². The van der Waals surface area contributed by atoms with E-state index < -0.39 is 5.54 Å². The van der Waals surface area contributed by atoms with Gasteiger partial charge in [0.2, 0.25) is 5.91 Å². The van der Waals surface area contributed by atoms with Crippen molar-refractivity contribution >= 4 is 17.6 Å². The second-order valence-corrected chi connectivity index (χ2v) is 9.45. The maximum Gasteiger partial charge on any atom is 0.322 e. The maximum absolute atomic E-state index is 13.5. The van der Waals surface area contributed by atoms with Crippen LogP contribution in [-0.4, -0.2) is 65.2 Å². The number of urea groups is 1. The van der Waals surface area contributed by atoms with Crippen molar-refractivity contribution in [3.05, 3.63) is 60.2 Å². The zero-order chi connectivity index (χ0) is 23.0. The summed E-state index contributed by atoms with van der Waals surface area (Å²) >= 11 is 0. The first-order valence-corrected chi connectivity index (χ1v) is 11.8. The van der Waals surface area contributed by atoms with Crippen molar-refractivity contribution in [3.63, 3.8) is 0 Å². The topological polar surface area (TPSA) is 82.1 Å². The Hall–Kier alpha value is -3.06. The summed E-state index contributed by atoms with van der Waals surface area (Å²) in [6, 6.07) is 16.9. The fraction of sp³-hybridized carbons (Fsp3) is 0.462. The minimum atomic E-state index is -0.458. The third kappa shape index (κ3) is 3.64. The number of methoxy groups -OCH3 is 1. The molecule has 7 heteroatoms. The summed E-state index contributed by atoms with van der Waals surface area (Å²) in [7, 11) is 1.59. The first kappa shape index (κ1) is 21.8. The number of rotatable bonds is 5. The number of aliphatic hydroxyl groups excluding tert-OH is 1. The normalized spacial score (nSPS) is 23.7. The number of carbonyl (C=O) groups excluding carboxylic acids is 2. The average Bonchev–Trinajstić information content (AvgIpc) is 3.33. The van der Waals surface area contributed by atoms with Crippen LogP contribution in [0.1, 0.15) is 37.2 Å². The van der Waals surface area contributed by atoms with Gasteiger partial charge in [-0.2, -0.15) is 0 Å². The monoisotopic (exact) mass is 449 g/mol. The molecule has 0 aromatic heterocycles. The summed E-state index contributed by atoms with van der Waals surface area (Å²) in [6.07, 6.45) is 4.00. The lowest BCUT2D eigenvalue weighted by Gasteiger charge is -2.70. The minimum absolute atomic E-state index is 0.00919. The van der Waals surface area contributed by atoms with Crippen LogP contribution < -0.4 is 10.1 Å². The van der Waals surface area contributed by atoms with Crippen LogP contribution in [0.3, 0.4) is 0 Å². The van der Waals surface area contributed by atoms with E-state index in [2.05, 4.69) is 17.4 Å². The molecule has 3 fully saturated rings. The van der Waals surface area contributed by atoms with Gasteiger partial charge in [0.1, 0.15) is 5.75 Å². The molecular weight excluding hydrogens is 418 g/mol. The van der Waals surface area contributed by atoms with Crippen LogP contribution in [0.2, 0.25) is 0 Å². The van der Waals surface area contributed by atoms with E-state index in [1.54, 1.807) is 18.1 Å². The number of anilines is 1. The molecule has 2 saturated heterocycles. The lowest BCUT2D eigenvalue weighted by atomic mass is 9.60.